The van der Waals surface area contributed by atoms with Crippen molar-refractivity contribution in [2.75, 3.05) is 0 Å². The smallest absolute Gasteiger partial charge is 0.0812 e. The fourth-order valence-corrected chi connectivity index (χ4v) is 2.28. The minimum atomic E-state index is 0.858. The molecule has 102 valence electrons. The molecule has 0 saturated heterocycles. The zero-order valence-corrected chi connectivity index (χ0v) is 11.9. The van der Waals surface area contributed by atoms with Gasteiger partial charge in [-0.2, -0.15) is 0 Å². The van der Waals surface area contributed by atoms with E-state index in [1.54, 1.807) is 12.4 Å². The molecule has 0 aliphatic rings. The zero-order valence-electron chi connectivity index (χ0n) is 11.9. The molecule has 0 saturated carbocycles. The van der Waals surface area contributed by atoms with Crippen molar-refractivity contribution in [3.05, 3.63) is 84.2 Å². The Balaban J connectivity index is 2.01. The maximum absolute atomic E-state index is 4.61. The van der Waals surface area contributed by atoms with Crippen LogP contribution in [0.1, 0.15) is 11.3 Å². The van der Waals surface area contributed by atoms with E-state index in [2.05, 4.69) is 47.2 Å². The quantitative estimate of drug-likeness (QED) is 0.628. The SMILES string of the molecule is Cc1ccccc1-c1ccccc1N=Cc1ccccn1. The largest absolute Gasteiger partial charge is 0.255 e. The predicted octanol–water partition coefficient (Wildman–Crippen LogP) is 4.81. The average Bonchev–Trinajstić information content (AvgIpc) is 2.55. The molecule has 0 amide bonds. The lowest BCUT2D eigenvalue weighted by Gasteiger charge is -2.08. The number of para-hydroxylation sites is 1. The first kappa shape index (κ1) is 13.3. The molecule has 1 heterocycles. The zero-order chi connectivity index (χ0) is 14.5. The van der Waals surface area contributed by atoms with Crippen LogP contribution in [0.3, 0.4) is 0 Å². The van der Waals surface area contributed by atoms with Gasteiger partial charge in [0.1, 0.15) is 0 Å². The lowest BCUT2D eigenvalue weighted by Crippen LogP contribution is -1.86. The molecule has 3 rings (SSSR count). The maximum atomic E-state index is 4.61. The minimum Gasteiger partial charge on any atom is -0.255 e. The van der Waals surface area contributed by atoms with Gasteiger partial charge in [0.2, 0.25) is 0 Å². The molecule has 0 spiro atoms. The first-order valence-electron chi connectivity index (χ1n) is 6.95. The van der Waals surface area contributed by atoms with Crippen molar-refractivity contribution in [2.24, 2.45) is 4.99 Å². The third-order valence-corrected chi connectivity index (χ3v) is 3.36. The molecule has 0 aliphatic heterocycles. The van der Waals surface area contributed by atoms with Gasteiger partial charge in [-0.3, -0.25) is 9.98 Å². The van der Waals surface area contributed by atoms with E-state index < -0.39 is 0 Å². The van der Waals surface area contributed by atoms with Crippen molar-refractivity contribution in [3.63, 3.8) is 0 Å². The van der Waals surface area contributed by atoms with Gasteiger partial charge in [0, 0.05) is 11.8 Å². The Morgan fingerprint density at radius 3 is 2.29 bits per heavy atom. The second-order valence-corrected chi connectivity index (χ2v) is 4.84. The molecule has 0 N–H and O–H groups in total. The van der Waals surface area contributed by atoms with E-state index in [9.17, 15) is 0 Å². The Kier molecular flexibility index (Phi) is 3.88. The third kappa shape index (κ3) is 3.06. The molecule has 2 heteroatoms. The molecule has 0 unspecified atom stereocenters. The van der Waals surface area contributed by atoms with Crippen LogP contribution >= 0.6 is 0 Å². The van der Waals surface area contributed by atoms with Gasteiger partial charge in [-0.25, -0.2) is 0 Å². The number of benzene rings is 2. The highest BCUT2D eigenvalue weighted by molar-refractivity contribution is 5.85. The molecule has 0 radical (unpaired) electrons. The van der Waals surface area contributed by atoms with E-state index in [-0.39, 0.29) is 0 Å². The van der Waals surface area contributed by atoms with Gasteiger partial charge in [0.05, 0.1) is 17.6 Å². The Labute approximate surface area is 124 Å². The molecule has 0 fully saturated rings. The summed E-state index contributed by atoms with van der Waals surface area (Å²) in [5, 5.41) is 0. The summed E-state index contributed by atoms with van der Waals surface area (Å²) in [5.41, 5.74) is 5.42. The third-order valence-electron chi connectivity index (χ3n) is 3.36. The number of rotatable bonds is 3. The molecule has 3 aromatic rings. The maximum Gasteiger partial charge on any atom is 0.0812 e. The van der Waals surface area contributed by atoms with Crippen molar-refractivity contribution in [2.45, 2.75) is 6.92 Å². The summed E-state index contributed by atoms with van der Waals surface area (Å²) in [6.07, 6.45) is 3.58. The first-order chi connectivity index (χ1) is 10.3. The van der Waals surface area contributed by atoms with Crippen LogP contribution in [0.15, 0.2) is 77.9 Å². The van der Waals surface area contributed by atoms with Gasteiger partial charge in [-0.05, 0) is 36.2 Å². The summed E-state index contributed by atoms with van der Waals surface area (Å²) in [4.78, 5) is 8.87. The van der Waals surface area contributed by atoms with Gasteiger partial charge in [-0.15, -0.1) is 0 Å². The summed E-state index contributed by atoms with van der Waals surface area (Å²) in [7, 11) is 0. The van der Waals surface area contributed by atoms with Crippen molar-refractivity contribution in [3.8, 4) is 11.1 Å². The monoisotopic (exact) mass is 272 g/mol. The number of pyridine rings is 1. The van der Waals surface area contributed by atoms with Crippen LogP contribution in [0, 0.1) is 6.92 Å². The second-order valence-electron chi connectivity index (χ2n) is 4.84. The van der Waals surface area contributed by atoms with Crippen molar-refractivity contribution < 1.29 is 0 Å². The summed E-state index contributed by atoms with van der Waals surface area (Å²) in [6.45, 7) is 2.12. The lowest BCUT2D eigenvalue weighted by molar-refractivity contribution is 1.30. The van der Waals surface area contributed by atoms with Gasteiger partial charge >= 0.3 is 0 Å². The lowest BCUT2D eigenvalue weighted by atomic mass is 9.99. The van der Waals surface area contributed by atoms with E-state index >= 15 is 0 Å². The average molecular weight is 272 g/mol. The first-order valence-corrected chi connectivity index (χ1v) is 6.95. The van der Waals surface area contributed by atoms with E-state index in [4.69, 9.17) is 0 Å². The van der Waals surface area contributed by atoms with Crippen LogP contribution in [0.5, 0.6) is 0 Å². The van der Waals surface area contributed by atoms with Gasteiger partial charge in [0.15, 0.2) is 0 Å². The highest BCUT2D eigenvalue weighted by Crippen LogP contribution is 2.31. The van der Waals surface area contributed by atoms with E-state index in [1.807, 2.05) is 36.4 Å². The normalized spacial score (nSPS) is 10.9. The summed E-state index contributed by atoms with van der Waals surface area (Å²) >= 11 is 0. The van der Waals surface area contributed by atoms with Crippen LogP contribution in [0.4, 0.5) is 5.69 Å². The highest BCUT2D eigenvalue weighted by atomic mass is 14.8. The van der Waals surface area contributed by atoms with E-state index in [1.165, 1.54) is 11.1 Å². The Morgan fingerprint density at radius 2 is 1.52 bits per heavy atom. The van der Waals surface area contributed by atoms with E-state index in [0.717, 1.165) is 16.9 Å². The number of nitrogens with zero attached hydrogens (tertiary/aromatic N) is 2. The number of aliphatic imine (C=N–C) groups is 1. The molecule has 2 aromatic carbocycles. The number of hydrogen-bond donors (Lipinski definition) is 0. The number of aryl methyl sites for hydroxylation is 1. The molecule has 1 aromatic heterocycles. The molecular formula is C19H16N2. The van der Waals surface area contributed by atoms with Crippen molar-refractivity contribution >= 4 is 11.9 Å². The molecule has 0 atom stereocenters. The molecule has 0 bridgehead atoms. The Morgan fingerprint density at radius 1 is 0.810 bits per heavy atom. The van der Waals surface area contributed by atoms with Crippen LogP contribution in [0.2, 0.25) is 0 Å². The molecular weight excluding hydrogens is 256 g/mol. The highest BCUT2D eigenvalue weighted by Gasteiger charge is 2.05. The number of aromatic nitrogens is 1. The van der Waals surface area contributed by atoms with Gasteiger partial charge in [-0.1, -0.05) is 48.5 Å². The van der Waals surface area contributed by atoms with Gasteiger partial charge < -0.3 is 0 Å². The summed E-state index contributed by atoms with van der Waals surface area (Å²) in [6, 6.07) is 22.3. The van der Waals surface area contributed by atoms with Crippen LogP contribution < -0.4 is 0 Å². The summed E-state index contributed by atoms with van der Waals surface area (Å²) in [5.74, 6) is 0. The van der Waals surface area contributed by atoms with Crippen molar-refractivity contribution in [1.29, 1.82) is 0 Å². The Hall–Kier alpha value is -2.74. The fourth-order valence-electron chi connectivity index (χ4n) is 2.28. The van der Waals surface area contributed by atoms with E-state index in [0.29, 0.717) is 0 Å². The summed E-state index contributed by atoms with van der Waals surface area (Å²) < 4.78 is 0. The Bertz CT molecular complexity index is 761. The van der Waals surface area contributed by atoms with Crippen molar-refractivity contribution in [1.82, 2.24) is 4.98 Å². The van der Waals surface area contributed by atoms with Gasteiger partial charge in [0.25, 0.3) is 0 Å². The standard InChI is InChI=1S/C19H16N2/c1-15-8-2-3-10-17(15)18-11-4-5-12-19(18)21-14-16-9-6-7-13-20-16/h2-14H,1H3. The molecule has 0 aliphatic carbocycles. The van der Waals surface area contributed by atoms with Crippen LogP contribution in [-0.2, 0) is 0 Å². The minimum absolute atomic E-state index is 0.858. The second kappa shape index (κ2) is 6.14. The van der Waals surface area contributed by atoms with Crippen LogP contribution in [0.25, 0.3) is 11.1 Å². The molecule has 2 nitrogen and oxygen atoms in total. The molecule has 21 heavy (non-hydrogen) atoms. The number of hydrogen-bond acceptors (Lipinski definition) is 2. The fraction of sp³-hybridized carbons (Fsp3) is 0.0526. The topological polar surface area (TPSA) is 25.2 Å². The predicted molar refractivity (Wildman–Crippen MR) is 88.1 cm³/mol. The van der Waals surface area contributed by atoms with Crippen LogP contribution in [-0.4, -0.2) is 11.2 Å².